The molecule has 1 aliphatic heterocycles. The van der Waals surface area contributed by atoms with Gasteiger partial charge in [0, 0.05) is 5.41 Å². The maximum atomic E-state index is 12.1. The highest BCUT2D eigenvalue weighted by molar-refractivity contribution is 6.10. The van der Waals surface area contributed by atoms with Gasteiger partial charge in [0.2, 0.25) is 11.8 Å². The van der Waals surface area contributed by atoms with Crippen LogP contribution in [0.25, 0.3) is 0 Å². The van der Waals surface area contributed by atoms with Crippen LogP contribution in [0, 0.1) is 28.6 Å². The number of hydrogen-bond donors (Lipinski definition) is 1. The number of amides is 2. The molecule has 2 rings (SSSR count). The molecule has 1 heterocycles. The summed E-state index contributed by atoms with van der Waals surface area (Å²) in [5, 5.41) is 11.5. The van der Waals surface area contributed by atoms with Gasteiger partial charge in [0.1, 0.15) is 11.8 Å². The van der Waals surface area contributed by atoms with E-state index in [2.05, 4.69) is 5.32 Å². The van der Waals surface area contributed by atoms with Crippen molar-refractivity contribution in [3.8, 4) is 6.07 Å². The molecule has 2 amide bonds. The number of carbonyl (C=O) groups excluding carboxylic acids is 3. The van der Waals surface area contributed by atoms with Crippen LogP contribution in [0.3, 0.4) is 0 Å². The van der Waals surface area contributed by atoms with Crippen molar-refractivity contribution in [2.24, 2.45) is 17.3 Å². The van der Waals surface area contributed by atoms with Crippen LogP contribution in [0.4, 0.5) is 0 Å². The fourth-order valence-electron chi connectivity index (χ4n) is 3.50. The van der Waals surface area contributed by atoms with E-state index >= 15 is 0 Å². The third-order valence-electron chi connectivity index (χ3n) is 4.36. The smallest absolute Gasteiger partial charge is 0.319 e. The lowest BCUT2D eigenvalue weighted by Gasteiger charge is -2.46. The van der Waals surface area contributed by atoms with Crippen molar-refractivity contribution in [1.29, 1.82) is 5.26 Å². The Morgan fingerprint density at radius 3 is 2.55 bits per heavy atom. The number of rotatable bonds is 2. The number of hydrogen-bond acceptors (Lipinski definition) is 5. The van der Waals surface area contributed by atoms with E-state index in [-0.39, 0.29) is 6.61 Å². The number of nitrogens with one attached hydrogen (secondary N) is 1. The molecule has 2 atom stereocenters. The van der Waals surface area contributed by atoms with E-state index in [1.807, 2.05) is 6.07 Å². The first-order chi connectivity index (χ1) is 9.56. The first-order valence-corrected chi connectivity index (χ1v) is 6.98. The molecule has 2 aliphatic rings. The largest absolute Gasteiger partial charge is 0.465 e. The van der Waals surface area contributed by atoms with Gasteiger partial charge in [-0.05, 0) is 19.8 Å². The van der Waals surface area contributed by atoms with Crippen LogP contribution < -0.4 is 5.32 Å². The molecule has 0 aromatic heterocycles. The Labute approximate surface area is 117 Å². The van der Waals surface area contributed by atoms with E-state index in [1.165, 1.54) is 0 Å². The topological polar surface area (TPSA) is 96.3 Å². The van der Waals surface area contributed by atoms with Gasteiger partial charge in [-0.25, -0.2) is 0 Å². The molecule has 20 heavy (non-hydrogen) atoms. The Morgan fingerprint density at radius 1 is 1.35 bits per heavy atom. The summed E-state index contributed by atoms with van der Waals surface area (Å²) in [7, 11) is 0. The average Bonchev–Trinajstić information content (AvgIpc) is 2.39. The van der Waals surface area contributed by atoms with Crippen molar-refractivity contribution < 1.29 is 19.1 Å². The highest BCUT2D eigenvalue weighted by Gasteiger charge is 2.59. The minimum Gasteiger partial charge on any atom is -0.465 e. The summed E-state index contributed by atoms with van der Waals surface area (Å²) >= 11 is 0. The number of carbonyl (C=O) groups is 3. The fraction of sp³-hybridized carbons (Fsp3) is 0.714. The maximum Gasteiger partial charge on any atom is 0.319 e. The summed E-state index contributed by atoms with van der Waals surface area (Å²) in [6, 6.07) is 1.99. The summed E-state index contributed by atoms with van der Waals surface area (Å²) in [5.41, 5.74) is -0.890. The number of ether oxygens (including phenoxy) is 1. The summed E-state index contributed by atoms with van der Waals surface area (Å²) in [4.78, 5) is 36.2. The zero-order chi connectivity index (χ0) is 14.8. The molecule has 0 bridgehead atoms. The second-order valence-corrected chi connectivity index (χ2v) is 5.39. The quantitative estimate of drug-likeness (QED) is 0.460. The second-order valence-electron chi connectivity index (χ2n) is 5.39. The molecule has 1 saturated carbocycles. The van der Waals surface area contributed by atoms with Gasteiger partial charge in [0.15, 0.2) is 0 Å². The summed E-state index contributed by atoms with van der Waals surface area (Å²) in [6.07, 6.45) is 3.69. The maximum absolute atomic E-state index is 12.1. The SMILES string of the molecule is CCOC(=O)C1C(=O)NC(=O)C(C#N)C12CCCCC2. The monoisotopic (exact) mass is 278 g/mol. The third-order valence-corrected chi connectivity index (χ3v) is 4.36. The third kappa shape index (κ3) is 2.17. The van der Waals surface area contributed by atoms with Gasteiger partial charge < -0.3 is 4.74 Å². The van der Waals surface area contributed by atoms with Gasteiger partial charge in [-0.15, -0.1) is 0 Å². The van der Waals surface area contributed by atoms with Crippen LogP contribution >= 0.6 is 0 Å². The first kappa shape index (κ1) is 14.5. The molecule has 0 radical (unpaired) electrons. The summed E-state index contributed by atoms with van der Waals surface area (Å²) in [6.45, 7) is 1.84. The molecular formula is C14H18N2O4. The lowest BCUT2D eigenvalue weighted by molar-refractivity contribution is -0.167. The van der Waals surface area contributed by atoms with Crippen LogP contribution in [0.1, 0.15) is 39.0 Å². The fourth-order valence-corrected chi connectivity index (χ4v) is 3.50. The van der Waals surface area contributed by atoms with E-state index < -0.39 is 35.0 Å². The Hall–Kier alpha value is -1.90. The van der Waals surface area contributed by atoms with Gasteiger partial charge in [-0.2, -0.15) is 5.26 Å². The van der Waals surface area contributed by atoms with E-state index in [0.717, 1.165) is 19.3 Å². The van der Waals surface area contributed by atoms with Gasteiger partial charge in [0.25, 0.3) is 0 Å². The Bertz CT molecular complexity index is 474. The molecular weight excluding hydrogens is 260 g/mol. The number of esters is 1. The van der Waals surface area contributed by atoms with Gasteiger partial charge in [0.05, 0.1) is 12.7 Å². The van der Waals surface area contributed by atoms with Crippen LogP contribution in [0.5, 0.6) is 0 Å². The van der Waals surface area contributed by atoms with Gasteiger partial charge in [-0.1, -0.05) is 19.3 Å². The van der Waals surface area contributed by atoms with Crippen molar-refractivity contribution in [2.45, 2.75) is 39.0 Å². The number of nitriles is 1. The Kier molecular flexibility index (Phi) is 4.07. The highest BCUT2D eigenvalue weighted by Crippen LogP contribution is 2.50. The van der Waals surface area contributed by atoms with Crippen molar-refractivity contribution in [3.63, 3.8) is 0 Å². The molecule has 1 saturated heterocycles. The Morgan fingerprint density at radius 2 is 2.00 bits per heavy atom. The lowest BCUT2D eigenvalue weighted by atomic mass is 9.57. The lowest BCUT2D eigenvalue weighted by Crippen LogP contribution is -2.61. The van der Waals surface area contributed by atoms with Crippen LogP contribution in [0.15, 0.2) is 0 Å². The second kappa shape index (κ2) is 5.61. The zero-order valence-corrected chi connectivity index (χ0v) is 11.5. The molecule has 2 fully saturated rings. The molecule has 108 valence electrons. The van der Waals surface area contributed by atoms with Crippen LogP contribution in [-0.4, -0.2) is 24.4 Å². The van der Waals surface area contributed by atoms with E-state index in [1.54, 1.807) is 6.92 Å². The minimum absolute atomic E-state index is 0.170. The van der Waals surface area contributed by atoms with Crippen LogP contribution in [-0.2, 0) is 19.1 Å². The molecule has 0 aromatic carbocycles. The van der Waals surface area contributed by atoms with Crippen molar-refractivity contribution in [1.82, 2.24) is 5.32 Å². The van der Waals surface area contributed by atoms with E-state index in [4.69, 9.17) is 4.74 Å². The highest BCUT2D eigenvalue weighted by atomic mass is 16.5. The normalized spacial score (nSPS) is 28.6. The average molecular weight is 278 g/mol. The zero-order valence-electron chi connectivity index (χ0n) is 11.5. The summed E-state index contributed by atoms with van der Waals surface area (Å²) in [5.74, 6) is -3.85. The van der Waals surface area contributed by atoms with Crippen molar-refractivity contribution >= 4 is 17.8 Å². The van der Waals surface area contributed by atoms with E-state index in [9.17, 15) is 19.6 Å². The van der Waals surface area contributed by atoms with Gasteiger partial charge in [-0.3, -0.25) is 19.7 Å². The van der Waals surface area contributed by atoms with Crippen molar-refractivity contribution in [2.75, 3.05) is 6.61 Å². The van der Waals surface area contributed by atoms with Crippen LogP contribution in [0.2, 0.25) is 0 Å². The molecule has 1 aliphatic carbocycles. The first-order valence-electron chi connectivity index (χ1n) is 6.98. The molecule has 1 spiro atoms. The predicted octanol–water partition coefficient (Wildman–Crippen LogP) is 0.912. The number of piperidine rings is 1. The molecule has 1 N–H and O–H groups in total. The molecule has 0 aromatic rings. The number of nitrogens with zero attached hydrogens (tertiary/aromatic N) is 1. The molecule has 2 unspecified atom stereocenters. The molecule has 6 heteroatoms. The molecule has 6 nitrogen and oxygen atoms in total. The Balaban J connectivity index is 2.44. The van der Waals surface area contributed by atoms with E-state index in [0.29, 0.717) is 12.8 Å². The standard InChI is InChI=1S/C14H18N2O4/c1-2-20-13(19)10-12(18)16-11(17)9(8-15)14(10)6-4-3-5-7-14/h9-10H,2-7H2,1H3,(H,16,17,18). The predicted molar refractivity (Wildman–Crippen MR) is 67.9 cm³/mol. The minimum atomic E-state index is -1.05. The summed E-state index contributed by atoms with van der Waals surface area (Å²) < 4.78 is 4.99. The van der Waals surface area contributed by atoms with Crippen molar-refractivity contribution in [3.05, 3.63) is 0 Å². The van der Waals surface area contributed by atoms with Gasteiger partial charge >= 0.3 is 5.97 Å². The number of imide groups is 1.